The molecule has 0 saturated heterocycles. The molecule has 23 heavy (non-hydrogen) atoms. The molecule has 0 radical (unpaired) electrons. The molecule has 0 heterocycles. The lowest BCUT2D eigenvalue weighted by Crippen LogP contribution is -2.35. The molecular weight excluding hydrogens is 312 g/mol. The number of hydrogen-bond donors (Lipinski definition) is 2. The summed E-state index contributed by atoms with van der Waals surface area (Å²) in [6.07, 6.45) is 0. The molecule has 0 fully saturated rings. The summed E-state index contributed by atoms with van der Waals surface area (Å²) in [6.45, 7) is 5.84. The third kappa shape index (κ3) is 3.96. The lowest BCUT2D eigenvalue weighted by Gasteiger charge is -2.26. The summed E-state index contributed by atoms with van der Waals surface area (Å²) in [7, 11) is 1.56. The normalized spacial score (nSPS) is 10.6. The highest BCUT2D eigenvalue weighted by Gasteiger charge is 2.31. The Morgan fingerprint density at radius 1 is 1.17 bits per heavy atom. The molecule has 2 aromatic carbocycles. The standard InChI is InChI=1S/C18H22N2O2.ClH/c1-12-7-5-6-8-14(12)18(2,3)17(21)20-13-9-10-16(22-4)15(19)11-13;/h5-11H,19H2,1-4H3,(H,20,21);1H. The van der Waals surface area contributed by atoms with Crippen molar-refractivity contribution in [3.63, 3.8) is 0 Å². The summed E-state index contributed by atoms with van der Waals surface area (Å²) in [6, 6.07) is 13.1. The maximum atomic E-state index is 12.7. The SMILES string of the molecule is COc1ccc(NC(=O)C(C)(C)c2ccccc2C)cc1N.Cl. The van der Waals surface area contributed by atoms with Crippen LogP contribution in [0, 0.1) is 6.92 Å². The Morgan fingerprint density at radius 3 is 2.39 bits per heavy atom. The van der Waals surface area contributed by atoms with Crippen LogP contribution in [0.3, 0.4) is 0 Å². The van der Waals surface area contributed by atoms with Gasteiger partial charge in [0.1, 0.15) is 5.75 Å². The van der Waals surface area contributed by atoms with Crippen LogP contribution in [-0.2, 0) is 10.2 Å². The summed E-state index contributed by atoms with van der Waals surface area (Å²) >= 11 is 0. The Labute approximate surface area is 143 Å². The Bertz CT molecular complexity index is 699. The fourth-order valence-electron chi connectivity index (χ4n) is 2.50. The maximum Gasteiger partial charge on any atom is 0.234 e. The highest BCUT2D eigenvalue weighted by atomic mass is 35.5. The van der Waals surface area contributed by atoms with E-state index in [0.29, 0.717) is 17.1 Å². The number of aryl methyl sites for hydroxylation is 1. The average Bonchev–Trinajstić information content (AvgIpc) is 2.47. The van der Waals surface area contributed by atoms with Crippen molar-refractivity contribution in [2.75, 3.05) is 18.2 Å². The molecule has 2 aromatic rings. The first-order chi connectivity index (χ1) is 10.4. The van der Waals surface area contributed by atoms with Crippen LogP contribution in [0.2, 0.25) is 0 Å². The zero-order valence-corrected chi connectivity index (χ0v) is 14.7. The number of rotatable bonds is 4. The first-order valence-electron chi connectivity index (χ1n) is 7.17. The van der Waals surface area contributed by atoms with Crippen LogP contribution in [0.4, 0.5) is 11.4 Å². The highest BCUT2D eigenvalue weighted by molar-refractivity contribution is 5.99. The highest BCUT2D eigenvalue weighted by Crippen LogP contribution is 2.29. The van der Waals surface area contributed by atoms with E-state index in [-0.39, 0.29) is 18.3 Å². The monoisotopic (exact) mass is 334 g/mol. The molecule has 0 aromatic heterocycles. The van der Waals surface area contributed by atoms with Crippen molar-refractivity contribution in [1.29, 1.82) is 0 Å². The van der Waals surface area contributed by atoms with Crippen LogP contribution in [0.25, 0.3) is 0 Å². The summed E-state index contributed by atoms with van der Waals surface area (Å²) in [4.78, 5) is 12.7. The van der Waals surface area contributed by atoms with Gasteiger partial charge in [0.05, 0.1) is 18.2 Å². The summed E-state index contributed by atoms with van der Waals surface area (Å²) in [5, 5.41) is 2.93. The first kappa shape index (κ1) is 18.8. The van der Waals surface area contributed by atoms with Gasteiger partial charge in [0.2, 0.25) is 5.91 Å². The molecular formula is C18H23ClN2O2. The van der Waals surface area contributed by atoms with Gasteiger partial charge in [0.25, 0.3) is 0 Å². The number of nitrogens with two attached hydrogens (primary N) is 1. The van der Waals surface area contributed by atoms with Crippen LogP contribution in [0.1, 0.15) is 25.0 Å². The van der Waals surface area contributed by atoms with Crippen molar-refractivity contribution in [3.8, 4) is 5.75 Å². The molecule has 1 amide bonds. The second-order valence-corrected chi connectivity index (χ2v) is 5.85. The summed E-state index contributed by atoms with van der Waals surface area (Å²) in [5.41, 5.74) is 8.49. The van der Waals surface area contributed by atoms with Crippen LogP contribution < -0.4 is 15.8 Å². The van der Waals surface area contributed by atoms with Gasteiger partial charge in [0, 0.05) is 5.69 Å². The molecule has 0 saturated carbocycles. The number of nitrogens with one attached hydrogen (secondary N) is 1. The topological polar surface area (TPSA) is 64.3 Å². The number of anilines is 2. The maximum absolute atomic E-state index is 12.7. The van der Waals surface area contributed by atoms with E-state index >= 15 is 0 Å². The van der Waals surface area contributed by atoms with Crippen LogP contribution in [0.15, 0.2) is 42.5 Å². The van der Waals surface area contributed by atoms with Gasteiger partial charge in [-0.05, 0) is 50.1 Å². The van der Waals surface area contributed by atoms with Gasteiger partial charge >= 0.3 is 0 Å². The number of nitrogen functional groups attached to an aromatic ring is 1. The van der Waals surface area contributed by atoms with E-state index < -0.39 is 5.41 Å². The Balaban J connectivity index is 0.00000264. The van der Waals surface area contributed by atoms with Crippen molar-refractivity contribution in [1.82, 2.24) is 0 Å². The van der Waals surface area contributed by atoms with Crippen molar-refractivity contribution in [3.05, 3.63) is 53.6 Å². The first-order valence-corrected chi connectivity index (χ1v) is 7.17. The molecule has 0 aliphatic heterocycles. The van der Waals surface area contributed by atoms with Crippen LogP contribution in [-0.4, -0.2) is 13.0 Å². The van der Waals surface area contributed by atoms with E-state index in [9.17, 15) is 4.79 Å². The van der Waals surface area contributed by atoms with Crippen molar-refractivity contribution in [2.24, 2.45) is 0 Å². The quantitative estimate of drug-likeness (QED) is 0.833. The number of carbonyl (C=O) groups is 1. The fourth-order valence-corrected chi connectivity index (χ4v) is 2.50. The van der Waals surface area contributed by atoms with E-state index in [4.69, 9.17) is 10.5 Å². The van der Waals surface area contributed by atoms with Gasteiger partial charge < -0.3 is 15.8 Å². The number of ether oxygens (including phenoxy) is 1. The molecule has 3 N–H and O–H groups in total. The number of halogens is 1. The number of hydrogen-bond acceptors (Lipinski definition) is 3. The second-order valence-electron chi connectivity index (χ2n) is 5.85. The van der Waals surface area contributed by atoms with Gasteiger partial charge in [-0.25, -0.2) is 0 Å². The van der Waals surface area contributed by atoms with Crippen molar-refractivity contribution in [2.45, 2.75) is 26.2 Å². The molecule has 0 aliphatic carbocycles. The Kier molecular flexibility index (Phi) is 6.05. The predicted molar refractivity (Wildman–Crippen MR) is 97.5 cm³/mol. The van der Waals surface area contributed by atoms with Crippen molar-refractivity contribution >= 4 is 29.7 Å². The van der Waals surface area contributed by atoms with E-state index in [2.05, 4.69) is 5.32 Å². The minimum atomic E-state index is -0.639. The third-order valence-electron chi connectivity index (χ3n) is 3.87. The molecule has 5 heteroatoms. The minimum Gasteiger partial charge on any atom is -0.495 e. The molecule has 0 aliphatic rings. The van der Waals surface area contributed by atoms with Gasteiger partial charge in [-0.1, -0.05) is 24.3 Å². The van der Waals surface area contributed by atoms with Gasteiger partial charge in [-0.15, -0.1) is 12.4 Å². The van der Waals surface area contributed by atoms with Gasteiger partial charge in [0.15, 0.2) is 0 Å². The largest absolute Gasteiger partial charge is 0.495 e. The predicted octanol–water partition coefficient (Wildman–Crippen LogP) is 3.92. The number of methoxy groups -OCH3 is 1. The van der Waals surface area contributed by atoms with Crippen LogP contribution in [0.5, 0.6) is 5.75 Å². The third-order valence-corrected chi connectivity index (χ3v) is 3.87. The Morgan fingerprint density at radius 2 is 1.83 bits per heavy atom. The fraction of sp³-hybridized carbons (Fsp3) is 0.278. The molecule has 4 nitrogen and oxygen atoms in total. The van der Waals surface area contributed by atoms with Gasteiger partial charge in [-0.3, -0.25) is 4.79 Å². The smallest absolute Gasteiger partial charge is 0.234 e. The molecule has 0 atom stereocenters. The van der Waals surface area contributed by atoms with E-state index in [0.717, 1.165) is 11.1 Å². The van der Waals surface area contributed by atoms with Gasteiger partial charge in [-0.2, -0.15) is 0 Å². The minimum absolute atomic E-state index is 0. The average molecular weight is 335 g/mol. The Hall–Kier alpha value is -2.20. The van der Waals surface area contributed by atoms with Crippen molar-refractivity contribution < 1.29 is 9.53 Å². The second kappa shape index (κ2) is 7.38. The zero-order chi connectivity index (χ0) is 16.3. The molecule has 0 spiro atoms. The van der Waals surface area contributed by atoms with E-state index in [1.54, 1.807) is 25.3 Å². The van der Waals surface area contributed by atoms with E-state index in [1.807, 2.05) is 45.0 Å². The number of amides is 1. The van der Waals surface area contributed by atoms with Crippen LogP contribution >= 0.6 is 12.4 Å². The summed E-state index contributed by atoms with van der Waals surface area (Å²) < 4.78 is 5.12. The van der Waals surface area contributed by atoms with E-state index in [1.165, 1.54) is 0 Å². The zero-order valence-electron chi connectivity index (χ0n) is 13.8. The molecule has 0 unspecified atom stereocenters. The molecule has 0 bridgehead atoms. The molecule has 2 rings (SSSR count). The summed E-state index contributed by atoms with van der Waals surface area (Å²) in [5.74, 6) is 0.516. The number of benzene rings is 2. The lowest BCUT2D eigenvalue weighted by atomic mass is 9.81. The lowest BCUT2D eigenvalue weighted by molar-refractivity contribution is -0.120. The molecule has 124 valence electrons. The number of carbonyl (C=O) groups excluding carboxylic acids is 1.